The van der Waals surface area contributed by atoms with Crippen LogP contribution in [-0.4, -0.2) is 63.8 Å². The minimum absolute atomic E-state index is 0.0724. The lowest BCUT2D eigenvalue weighted by atomic mass is 10.1. The molecule has 2 aromatic carbocycles. The van der Waals surface area contributed by atoms with Crippen LogP contribution in [0.2, 0.25) is 0 Å². The summed E-state index contributed by atoms with van der Waals surface area (Å²) in [7, 11) is -2.58. The van der Waals surface area contributed by atoms with E-state index in [1.54, 1.807) is 4.90 Å². The number of benzene rings is 2. The number of ether oxygens (including phenoxy) is 3. The summed E-state index contributed by atoms with van der Waals surface area (Å²) in [5, 5.41) is 0. The maximum atomic E-state index is 12.8. The second-order valence-corrected chi connectivity index (χ2v) is 11.2. The van der Waals surface area contributed by atoms with Crippen molar-refractivity contribution in [2.45, 2.75) is 50.2 Å². The van der Waals surface area contributed by atoms with Crippen molar-refractivity contribution in [1.29, 1.82) is 0 Å². The summed E-state index contributed by atoms with van der Waals surface area (Å²) in [6.45, 7) is 6.67. The Morgan fingerprint density at radius 3 is 2.44 bits per heavy atom. The number of rotatable bonds is 9. The lowest BCUT2D eigenvalue weighted by molar-refractivity contribution is 0.0275. The molecule has 1 atom stereocenters. The molecule has 36 heavy (non-hydrogen) atoms. The lowest BCUT2D eigenvalue weighted by Crippen LogP contribution is -2.36. The smallest absolute Gasteiger partial charge is 0.410 e. The van der Waals surface area contributed by atoms with Crippen LogP contribution in [0.15, 0.2) is 47.4 Å². The average molecular weight is 520 g/mol. The van der Waals surface area contributed by atoms with Gasteiger partial charge in [-0.3, -0.25) is 4.79 Å². The number of carbonyl (C=O) groups is 2. The van der Waals surface area contributed by atoms with Gasteiger partial charge in [0.05, 0.1) is 13.7 Å². The normalized spacial score (nSPS) is 16.0. The zero-order chi connectivity index (χ0) is 26.5. The first-order valence-electron chi connectivity index (χ1n) is 11.6. The van der Waals surface area contributed by atoms with Gasteiger partial charge in [-0.15, -0.1) is 0 Å². The molecule has 2 amide bonds. The molecule has 0 spiro atoms. The van der Waals surface area contributed by atoms with Gasteiger partial charge in [0.1, 0.15) is 28.1 Å². The molecule has 0 unspecified atom stereocenters. The van der Waals surface area contributed by atoms with Crippen molar-refractivity contribution >= 4 is 22.0 Å². The van der Waals surface area contributed by atoms with Crippen molar-refractivity contribution in [3.63, 3.8) is 0 Å². The van der Waals surface area contributed by atoms with E-state index in [0.29, 0.717) is 31.7 Å². The van der Waals surface area contributed by atoms with Gasteiger partial charge in [0, 0.05) is 25.1 Å². The number of nitrogens with one attached hydrogen (secondary N) is 1. The Hall–Kier alpha value is -3.31. The minimum Gasteiger partial charge on any atom is -0.495 e. The number of carbonyl (C=O) groups excluding carboxylic acids is 2. The predicted molar refractivity (Wildman–Crippen MR) is 134 cm³/mol. The molecule has 1 aliphatic rings. The van der Waals surface area contributed by atoms with E-state index < -0.39 is 21.5 Å². The van der Waals surface area contributed by atoms with Crippen molar-refractivity contribution in [3.8, 4) is 11.5 Å². The van der Waals surface area contributed by atoms with E-state index >= 15 is 0 Å². The van der Waals surface area contributed by atoms with Crippen LogP contribution in [0.4, 0.5) is 4.79 Å². The number of amides is 2. The molecule has 196 valence electrons. The third-order valence-corrected chi connectivity index (χ3v) is 6.95. The summed E-state index contributed by atoms with van der Waals surface area (Å²) in [5.41, 5.74) is 5.71. The topological polar surface area (TPSA) is 137 Å². The molecule has 1 fully saturated rings. The second-order valence-electron chi connectivity index (χ2n) is 9.48. The Morgan fingerprint density at radius 1 is 1.14 bits per heavy atom. The number of hydrogen-bond donors (Lipinski definition) is 2. The van der Waals surface area contributed by atoms with Crippen molar-refractivity contribution in [3.05, 3.63) is 53.6 Å². The van der Waals surface area contributed by atoms with Crippen molar-refractivity contribution < 1.29 is 32.2 Å². The highest BCUT2D eigenvalue weighted by molar-refractivity contribution is 7.89. The van der Waals surface area contributed by atoms with E-state index in [9.17, 15) is 18.0 Å². The molecular formula is C25H33N3O7S. The fourth-order valence-corrected chi connectivity index (χ4v) is 4.92. The predicted octanol–water partition coefficient (Wildman–Crippen LogP) is 2.70. The summed E-state index contributed by atoms with van der Waals surface area (Å²) in [6, 6.07) is 11.4. The van der Waals surface area contributed by atoms with E-state index in [1.807, 2.05) is 45.0 Å². The van der Waals surface area contributed by atoms with Crippen LogP contribution in [0.25, 0.3) is 0 Å². The van der Waals surface area contributed by atoms with Gasteiger partial charge in [-0.2, -0.15) is 0 Å². The SMILES string of the molecule is COc1ccc(C(N)=O)cc1S(=O)(=O)NCCc1ccc(O[C@H]2CCN(C(=O)OC(C)(C)C)C2)cc1. The van der Waals surface area contributed by atoms with Crippen LogP contribution in [0.1, 0.15) is 43.1 Å². The molecule has 0 aliphatic carbocycles. The van der Waals surface area contributed by atoms with E-state index in [2.05, 4.69) is 4.72 Å². The van der Waals surface area contributed by atoms with E-state index in [4.69, 9.17) is 19.9 Å². The maximum Gasteiger partial charge on any atom is 0.410 e. The monoisotopic (exact) mass is 519 g/mol. The molecule has 11 heteroatoms. The Morgan fingerprint density at radius 2 is 1.83 bits per heavy atom. The van der Waals surface area contributed by atoms with Crippen LogP contribution in [-0.2, 0) is 21.2 Å². The molecule has 0 radical (unpaired) electrons. The zero-order valence-electron chi connectivity index (χ0n) is 20.9. The fourth-order valence-electron chi connectivity index (χ4n) is 3.69. The van der Waals surface area contributed by atoms with Crippen LogP contribution in [0, 0.1) is 0 Å². The number of primary amides is 1. The Bertz CT molecular complexity index is 1190. The van der Waals surface area contributed by atoms with E-state index in [1.165, 1.54) is 25.3 Å². The van der Waals surface area contributed by atoms with Crippen LogP contribution < -0.4 is 19.9 Å². The summed E-state index contributed by atoms with van der Waals surface area (Å²) in [6.07, 6.45) is 0.683. The van der Waals surface area contributed by atoms with Gasteiger partial charge in [0.2, 0.25) is 15.9 Å². The molecule has 0 saturated carbocycles. The number of likely N-dealkylation sites (tertiary alicyclic amines) is 1. The highest BCUT2D eigenvalue weighted by Crippen LogP contribution is 2.25. The number of hydrogen-bond acceptors (Lipinski definition) is 7. The molecule has 0 bridgehead atoms. The second kappa shape index (κ2) is 11.2. The highest BCUT2D eigenvalue weighted by atomic mass is 32.2. The third-order valence-electron chi connectivity index (χ3n) is 5.47. The van der Waals surface area contributed by atoms with Crippen LogP contribution >= 0.6 is 0 Å². The zero-order valence-corrected chi connectivity index (χ0v) is 21.8. The number of nitrogens with zero attached hydrogens (tertiary/aromatic N) is 1. The quantitative estimate of drug-likeness (QED) is 0.520. The van der Waals surface area contributed by atoms with Crippen molar-refractivity contribution in [2.75, 3.05) is 26.7 Å². The van der Waals surface area contributed by atoms with E-state index in [-0.39, 0.29) is 35.0 Å². The van der Waals surface area contributed by atoms with Gasteiger partial charge in [0.15, 0.2) is 0 Å². The molecule has 0 aromatic heterocycles. The van der Waals surface area contributed by atoms with Crippen LogP contribution in [0.5, 0.6) is 11.5 Å². The summed E-state index contributed by atoms with van der Waals surface area (Å²) < 4.78 is 44.6. The fraction of sp³-hybridized carbons (Fsp3) is 0.440. The third kappa shape index (κ3) is 7.34. The van der Waals surface area contributed by atoms with Gasteiger partial charge in [0.25, 0.3) is 0 Å². The Balaban J connectivity index is 1.52. The molecular weight excluding hydrogens is 486 g/mol. The van der Waals surface area contributed by atoms with Gasteiger partial charge in [-0.05, 0) is 63.1 Å². The first-order chi connectivity index (χ1) is 16.9. The van der Waals surface area contributed by atoms with Crippen LogP contribution in [0.3, 0.4) is 0 Å². The van der Waals surface area contributed by atoms with Gasteiger partial charge < -0.3 is 24.8 Å². The van der Waals surface area contributed by atoms with E-state index in [0.717, 1.165) is 5.56 Å². The maximum absolute atomic E-state index is 12.8. The summed E-state index contributed by atoms with van der Waals surface area (Å²) in [5.74, 6) is 0.0566. The Labute approximate surface area is 211 Å². The largest absolute Gasteiger partial charge is 0.495 e. The van der Waals surface area contributed by atoms with Gasteiger partial charge in [-0.25, -0.2) is 17.9 Å². The molecule has 1 heterocycles. The minimum atomic E-state index is -3.93. The first kappa shape index (κ1) is 27.3. The highest BCUT2D eigenvalue weighted by Gasteiger charge is 2.31. The molecule has 1 aliphatic heterocycles. The average Bonchev–Trinajstić information content (AvgIpc) is 3.27. The van der Waals surface area contributed by atoms with Crippen molar-refractivity contribution in [1.82, 2.24) is 9.62 Å². The first-order valence-corrected chi connectivity index (χ1v) is 13.1. The van der Waals surface area contributed by atoms with Gasteiger partial charge >= 0.3 is 6.09 Å². The van der Waals surface area contributed by atoms with Gasteiger partial charge in [-0.1, -0.05) is 12.1 Å². The summed E-state index contributed by atoms with van der Waals surface area (Å²) >= 11 is 0. The molecule has 1 saturated heterocycles. The summed E-state index contributed by atoms with van der Waals surface area (Å²) in [4.78, 5) is 25.2. The standard InChI is InChI=1S/C25H33N3O7S/c1-25(2,3)35-24(30)28-14-12-20(16-28)34-19-8-5-17(6-9-19)11-13-27-36(31,32)22-15-18(23(26)29)7-10-21(22)33-4/h5-10,15,20,27H,11-14,16H2,1-4H3,(H2,26,29)/t20-/m0/s1. The molecule has 10 nitrogen and oxygen atoms in total. The number of nitrogens with two attached hydrogens (primary N) is 1. The molecule has 2 aromatic rings. The lowest BCUT2D eigenvalue weighted by Gasteiger charge is -2.24. The van der Waals surface area contributed by atoms with Crippen molar-refractivity contribution in [2.24, 2.45) is 5.73 Å². The Kier molecular flexibility index (Phi) is 8.47. The molecule has 3 rings (SSSR count). The number of methoxy groups -OCH3 is 1. The number of sulfonamides is 1. The molecule has 3 N–H and O–H groups in total.